The van der Waals surface area contributed by atoms with Gasteiger partial charge in [0.2, 0.25) is 10.0 Å². The second-order valence-electron chi connectivity index (χ2n) is 9.51. The summed E-state index contributed by atoms with van der Waals surface area (Å²) in [6.07, 6.45) is 7.09. The van der Waals surface area contributed by atoms with E-state index >= 15 is 0 Å². The van der Waals surface area contributed by atoms with Crippen molar-refractivity contribution in [3.63, 3.8) is 0 Å². The molecule has 2 saturated heterocycles. The molecule has 2 heterocycles. The van der Waals surface area contributed by atoms with Gasteiger partial charge >= 0.3 is 0 Å². The Morgan fingerprint density at radius 2 is 1.59 bits per heavy atom. The number of piperidine rings is 2. The van der Waals surface area contributed by atoms with Crippen molar-refractivity contribution in [2.45, 2.75) is 50.0 Å². The van der Waals surface area contributed by atoms with Crippen LogP contribution in [0.2, 0.25) is 0 Å². The van der Waals surface area contributed by atoms with Crippen molar-refractivity contribution in [2.75, 3.05) is 50.5 Å². The molecule has 34 heavy (non-hydrogen) atoms. The van der Waals surface area contributed by atoms with E-state index < -0.39 is 10.0 Å². The molecule has 0 atom stereocenters. The summed E-state index contributed by atoms with van der Waals surface area (Å²) in [7, 11) is -0.644. The highest BCUT2D eigenvalue weighted by atomic mass is 32.2. The van der Waals surface area contributed by atoms with Crippen LogP contribution in [0.1, 0.15) is 54.4 Å². The Morgan fingerprint density at radius 1 is 0.912 bits per heavy atom. The molecule has 2 aliphatic heterocycles. The lowest BCUT2D eigenvalue weighted by Crippen LogP contribution is -2.32. The molecule has 2 fully saturated rings. The molecule has 0 unspecified atom stereocenters. The van der Waals surface area contributed by atoms with Crippen molar-refractivity contribution in [3.05, 3.63) is 53.6 Å². The SMILES string of the molecule is CN(C)S(=O)(=O)c1ccc(N2CCCCC2)c(C(=O)Nc2cccc(CN3CCCCC3)c2)c1. The number of likely N-dealkylation sites (tertiary alicyclic amines) is 1. The molecule has 2 aromatic rings. The first kappa shape index (κ1) is 24.7. The zero-order valence-corrected chi connectivity index (χ0v) is 21.1. The number of benzene rings is 2. The molecular weight excluding hydrogens is 448 g/mol. The van der Waals surface area contributed by atoms with E-state index in [2.05, 4.69) is 21.2 Å². The molecule has 4 rings (SSSR count). The molecule has 0 bridgehead atoms. The highest BCUT2D eigenvalue weighted by molar-refractivity contribution is 7.89. The van der Waals surface area contributed by atoms with Crippen LogP contribution >= 0.6 is 0 Å². The van der Waals surface area contributed by atoms with Gasteiger partial charge in [-0.25, -0.2) is 12.7 Å². The molecular formula is C26H36N4O3S. The van der Waals surface area contributed by atoms with Crippen LogP contribution in [0.5, 0.6) is 0 Å². The van der Waals surface area contributed by atoms with Crippen molar-refractivity contribution in [1.29, 1.82) is 0 Å². The van der Waals surface area contributed by atoms with Gasteiger partial charge in [-0.05, 0) is 81.1 Å². The van der Waals surface area contributed by atoms with E-state index in [0.29, 0.717) is 5.56 Å². The Labute approximate surface area is 203 Å². The number of hydrogen-bond donors (Lipinski definition) is 1. The second-order valence-corrected chi connectivity index (χ2v) is 11.7. The maximum absolute atomic E-state index is 13.5. The van der Waals surface area contributed by atoms with Gasteiger partial charge < -0.3 is 10.2 Å². The van der Waals surface area contributed by atoms with Crippen molar-refractivity contribution in [2.24, 2.45) is 0 Å². The molecule has 0 spiro atoms. The molecule has 8 heteroatoms. The van der Waals surface area contributed by atoms with E-state index in [1.165, 1.54) is 55.7 Å². The fourth-order valence-corrected chi connectivity index (χ4v) is 5.73. The smallest absolute Gasteiger partial charge is 0.257 e. The van der Waals surface area contributed by atoms with Gasteiger partial charge in [0.1, 0.15) is 0 Å². The maximum atomic E-state index is 13.5. The van der Waals surface area contributed by atoms with Gasteiger partial charge in [-0.3, -0.25) is 9.69 Å². The first-order chi connectivity index (χ1) is 16.3. The van der Waals surface area contributed by atoms with Crippen molar-refractivity contribution >= 4 is 27.3 Å². The zero-order chi connectivity index (χ0) is 24.1. The van der Waals surface area contributed by atoms with E-state index in [0.717, 1.165) is 56.9 Å². The summed E-state index contributed by atoms with van der Waals surface area (Å²) in [5.74, 6) is -0.286. The Balaban J connectivity index is 1.60. The first-order valence-electron chi connectivity index (χ1n) is 12.3. The van der Waals surface area contributed by atoms with Gasteiger partial charge in [0.05, 0.1) is 10.5 Å². The third-order valence-electron chi connectivity index (χ3n) is 6.73. The van der Waals surface area contributed by atoms with E-state index in [4.69, 9.17) is 0 Å². The van der Waals surface area contributed by atoms with Crippen LogP contribution in [-0.4, -0.2) is 63.8 Å². The number of nitrogens with one attached hydrogen (secondary N) is 1. The highest BCUT2D eigenvalue weighted by Gasteiger charge is 2.24. The fourth-order valence-electron chi connectivity index (χ4n) is 4.80. The van der Waals surface area contributed by atoms with Gasteiger partial charge in [-0.15, -0.1) is 0 Å². The minimum Gasteiger partial charge on any atom is -0.371 e. The number of anilines is 2. The highest BCUT2D eigenvalue weighted by Crippen LogP contribution is 2.29. The molecule has 7 nitrogen and oxygen atoms in total. The van der Waals surface area contributed by atoms with Gasteiger partial charge in [0, 0.05) is 45.1 Å². The molecule has 2 aliphatic rings. The predicted octanol–water partition coefficient (Wildman–Crippen LogP) is 4.17. The minimum atomic E-state index is -3.65. The molecule has 1 N–H and O–H groups in total. The summed E-state index contributed by atoms with van der Waals surface area (Å²) >= 11 is 0. The fraction of sp³-hybridized carbons (Fsp3) is 0.500. The largest absolute Gasteiger partial charge is 0.371 e. The predicted molar refractivity (Wildman–Crippen MR) is 137 cm³/mol. The van der Waals surface area contributed by atoms with Crippen molar-refractivity contribution in [1.82, 2.24) is 9.21 Å². The molecule has 184 valence electrons. The number of rotatable bonds is 7. The Morgan fingerprint density at radius 3 is 2.26 bits per heavy atom. The number of nitrogens with zero attached hydrogens (tertiary/aromatic N) is 3. The summed E-state index contributed by atoms with van der Waals surface area (Å²) < 4.78 is 26.7. The van der Waals surface area contributed by atoms with E-state index in [1.54, 1.807) is 12.1 Å². The topological polar surface area (TPSA) is 73.0 Å². The van der Waals surface area contributed by atoms with Crippen LogP contribution in [0.3, 0.4) is 0 Å². The second kappa shape index (κ2) is 10.9. The summed E-state index contributed by atoms with van der Waals surface area (Å²) in [6.45, 7) is 4.84. The number of sulfonamides is 1. The average molecular weight is 485 g/mol. The zero-order valence-electron chi connectivity index (χ0n) is 20.3. The standard InChI is InChI=1S/C26H36N4O3S/c1-28(2)34(32,33)23-12-13-25(30-16-7-4-8-17-30)24(19-23)26(31)27-22-11-9-10-21(18-22)20-29-14-5-3-6-15-29/h9-13,18-19H,3-8,14-17,20H2,1-2H3,(H,27,31). The number of carbonyl (C=O) groups excluding carboxylic acids is 1. The molecule has 0 aliphatic carbocycles. The first-order valence-corrected chi connectivity index (χ1v) is 13.7. The Hall–Kier alpha value is -2.42. The molecule has 0 aromatic heterocycles. The van der Waals surface area contributed by atoms with E-state index in [1.807, 2.05) is 18.2 Å². The summed E-state index contributed by atoms with van der Waals surface area (Å²) in [5, 5.41) is 3.03. The third-order valence-corrected chi connectivity index (χ3v) is 8.54. The van der Waals surface area contributed by atoms with Crippen molar-refractivity contribution < 1.29 is 13.2 Å². The lowest BCUT2D eigenvalue weighted by atomic mass is 10.1. The van der Waals surface area contributed by atoms with Crippen molar-refractivity contribution in [3.8, 4) is 0 Å². The quantitative estimate of drug-likeness (QED) is 0.639. The third kappa shape index (κ3) is 5.79. The molecule has 2 aromatic carbocycles. The number of amides is 1. The number of hydrogen-bond acceptors (Lipinski definition) is 5. The van der Waals surface area contributed by atoms with Crippen LogP contribution in [0.15, 0.2) is 47.4 Å². The maximum Gasteiger partial charge on any atom is 0.257 e. The minimum absolute atomic E-state index is 0.127. The molecule has 0 saturated carbocycles. The number of carbonyl (C=O) groups is 1. The monoisotopic (exact) mass is 484 g/mol. The Bertz CT molecular complexity index is 1100. The molecule has 1 amide bonds. The van der Waals surface area contributed by atoms with Gasteiger partial charge in [-0.1, -0.05) is 18.6 Å². The van der Waals surface area contributed by atoms with Crippen LogP contribution in [0, 0.1) is 0 Å². The van der Waals surface area contributed by atoms with Gasteiger partial charge in [0.15, 0.2) is 0 Å². The average Bonchev–Trinajstić information content (AvgIpc) is 2.85. The van der Waals surface area contributed by atoms with E-state index in [-0.39, 0.29) is 10.8 Å². The van der Waals surface area contributed by atoms with Crippen LogP contribution in [-0.2, 0) is 16.6 Å². The van der Waals surface area contributed by atoms with Crippen LogP contribution in [0.4, 0.5) is 11.4 Å². The molecule has 0 radical (unpaired) electrons. The summed E-state index contributed by atoms with van der Waals surface area (Å²) in [6, 6.07) is 12.9. The van der Waals surface area contributed by atoms with E-state index in [9.17, 15) is 13.2 Å². The Kier molecular flexibility index (Phi) is 7.91. The lowest BCUT2D eigenvalue weighted by molar-refractivity contribution is 0.102. The van der Waals surface area contributed by atoms with Crippen LogP contribution in [0.25, 0.3) is 0 Å². The summed E-state index contributed by atoms with van der Waals surface area (Å²) in [4.78, 5) is 18.2. The van der Waals surface area contributed by atoms with Gasteiger partial charge in [0.25, 0.3) is 5.91 Å². The van der Waals surface area contributed by atoms with Crippen LogP contribution < -0.4 is 10.2 Å². The summed E-state index contributed by atoms with van der Waals surface area (Å²) in [5.41, 5.74) is 3.08. The van der Waals surface area contributed by atoms with Gasteiger partial charge in [-0.2, -0.15) is 0 Å². The normalized spacial score (nSPS) is 17.7. The lowest BCUT2D eigenvalue weighted by Gasteiger charge is -2.30.